The van der Waals surface area contributed by atoms with E-state index in [2.05, 4.69) is 24.4 Å². The Labute approximate surface area is 152 Å². The Morgan fingerprint density at radius 2 is 1.85 bits per heavy atom. The van der Waals surface area contributed by atoms with Crippen LogP contribution in [-0.4, -0.2) is 17.2 Å². The molecule has 5 heteroatoms. The summed E-state index contributed by atoms with van der Waals surface area (Å²) in [6.45, 7) is 4.11. The van der Waals surface area contributed by atoms with Gasteiger partial charge in [-0.1, -0.05) is 0 Å². The molecule has 0 radical (unpaired) electrons. The lowest BCUT2D eigenvalue weighted by atomic mass is 9.96. The normalized spacial score (nSPS) is 18.2. The van der Waals surface area contributed by atoms with E-state index in [1.54, 1.807) is 12.1 Å². The van der Waals surface area contributed by atoms with Crippen LogP contribution in [-0.2, 0) is 11.2 Å². The van der Waals surface area contributed by atoms with Gasteiger partial charge in [0.05, 0.1) is 5.71 Å². The molecule has 1 aliphatic carbocycles. The van der Waals surface area contributed by atoms with Gasteiger partial charge in [0.1, 0.15) is 17.2 Å². The maximum absolute atomic E-state index is 13.3. The van der Waals surface area contributed by atoms with Crippen molar-refractivity contribution in [1.82, 2.24) is 5.43 Å². The number of hydrazone groups is 1. The molecule has 1 N–H and O–H groups in total. The molecule has 1 saturated carbocycles. The first kappa shape index (κ1) is 16.8. The van der Waals surface area contributed by atoms with Crippen molar-refractivity contribution < 1.29 is 13.9 Å². The van der Waals surface area contributed by atoms with Crippen LogP contribution in [0.1, 0.15) is 43.4 Å². The van der Waals surface area contributed by atoms with Crippen LogP contribution in [0.4, 0.5) is 4.39 Å². The van der Waals surface area contributed by atoms with Crippen molar-refractivity contribution in [1.29, 1.82) is 0 Å². The lowest BCUT2D eigenvalue weighted by Crippen LogP contribution is -2.24. The van der Waals surface area contributed by atoms with Gasteiger partial charge in [-0.3, -0.25) is 4.79 Å². The molecule has 1 fully saturated rings. The van der Waals surface area contributed by atoms with Crippen molar-refractivity contribution in [3.63, 3.8) is 0 Å². The zero-order valence-electron chi connectivity index (χ0n) is 14.9. The van der Waals surface area contributed by atoms with E-state index in [1.807, 2.05) is 18.2 Å². The Kier molecular flexibility index (Phi) is 4.02. The molecule has 1 aliphatic heterocycles. The second kappa shape index (κ2) is 6.24. The number of fused-ring (bicyclic) bond motifs is 1. The number of benzene rings is 2. The van der Waals surface area contributed by atoms with Crippen LogP contribution in [0.2, 0.25) is 0 Å². The van der Waals surface area contributed by atoms with E-state index >= 15 is 0 Å². The second-order valence-corrected chi connectivity index (χ2v) is 7.58. The van der Waals surface area contributed by atoms with Gasteiger partial charge in [0.25, 0.3) is 0 Å². The van der Waals surface area contributed by atoms with Crippen molar-refractivity contribution in [2.24, 2.45) is 11.0 Å². The molecular formula is C21H21FN2O2. The summed E-state index contributed by atoms with van der Waals surface area (Å²) in [5.41, 5.74) is 5.78. The SMILES string of the molecule is CC1(C)Cc2cc(C(=NNC(=O)C3CC3)c3ccc(F)cc3)ccc2O1. The van der Waals surface area contributed by atoms with Gasteiger partial charge in [0, 0.05) is 23.5 Å². The number of nitrogens with zero attached hydrogens (tertiary/aromatic N) is 1. The maximum atomic E-state index is 13.3. The molecule has 0 unspecified atom stereocenters. The highest BCUT2D eigenvalue weighted by atomic mass is 19.1. The lowest BCUT2D eigenvalue weighted by Gasteiger charge is -2.16. The van der Waals surface area contributed by atoms with Gasteiger partial charge >= 0.3 is 0 Å². The number of carbonyl (C=O) groups excluding carboxylic acids is 1. The zero-order chi connectivity index (χ0) is 18.3. The van der Waals surface area contributed by atoms with Gasteiger partial charge in [0.15, 0.2) is 0 Å². The quantitative estimate of drug-likeness (QED) is 0.672. The number of nitrogens with one attached hydrogen (secondary N) is 1. The van der Waals surface area contributed by atoms with E-state index in [4.69, 9.17) is 4.74 Å². The predicted molar refractivity (Wildman–Crippen MR) is 97.8 cm³/mol. The number of carbonyl (C=O) groups is 1. The molecule has 2 aromatic rings. The van der Waals surface area contributed by atoms with Crippen LogP contribution >= 0.6 is 0 Å². The molecule has 0 spiro atoms. The minimum absolute atomic E-state index is 0.0600. The van der Waals surface area contributed by atoms with Crippen molar-refractivity contribution in [3.05, 3.63) is 65.0 Å². The Hall–Kier alpha value is -2.69. The molecule has 4 rings (SSSR count). The largest absolute Gasteiger partial charge is 0.487 e. The van der Waals surface area contributed by atoms with Crippen LogP contribution in [0, 0.1) is 11.7 Å². The fraction of sp³-hybridized carbons (Fsp3) is 0.333. The number of amides is 1. The van der Waals surface area contributed by atoms with E-state index in [0.717, 1.165) is 41.7 Å². The summed E-state index contributed by atoms with van der Waals surface area (Å²) in [6.07, 6.45) is 2.64. The Balaban J connectivity index is 1.70. The summed E-state index contributed by atoms with van der Waals surface area (Å²) >= 11 is 0. The molecule has 0 aromatic heterocycles. The van der Waals surface area contributed by atoms with Gasteiger partial charge in [-0.05, 0) is 74.7 Å². The average molecular weight is 352 g/mol. The molecule has 26 heavy (non-hydrogen) atoms. The highest BCUT2D eigenvalue weighted by Gasteiger charge is 2.31. The van der Waals surface area contributed by atoms with Crippen molar-refractivity contribution >= 4 is 11.6 Å². The lowest BCUT2D eigenvalue weighted by molar-refractivity contribution is -0.122. The molecule has 0 saturated heterocycles. The smallest absolute Gasteiger partial charge is 0.243 e. The van der Waals surface area contributed by atoms with Crippen molar-refractivity contribution in [2.75, 3.05) is 0 Å². The van der Waals surface area contributed by atoms with Crippen LogP contribution in [0.3, 0.4) is 0 Å². The van der Waals surface area contributed by atoms with E-state index in [0.29, 0.717) is 5.71 Å². The molecule has 2 aliphatic rings. The first-order chi connectivity index (χ1) is 12.4. The van der Waals surface area contributed by atoms with Gasteiger partial charge in [-0.2, -0.15) is 5.10 Å². The Bertz CT molecular complexity index is 883. The van der Waals surface area contributed by atoms with Gasteiger partial charge in [-0.25, -0.2) is 9.82 Å². The summed E-state index contributed by atoms with van der Waals surface area (Å²) in [5.74, 6) is 0.580. The average Bonchev–Trinajstić information content (AvgIpc) is 3.38. The number of hydrogen-bond acceptors (Lipinski definition) is 3. The topological polar surface area (TPSA) is 50.7 Å². The highest BCUT2D eigenvalue weighted by molar-refractivity contribution is 6.13. The number of ether oxygens (including phenoxy) is 1. The summed E-state index contributed by atoms with van der Waals surface area (Å²) < 4.78 is 19.2. The van der Waals surface area contributed by atoms with E-state index in [-0.39, 0.29) is 23.2 Å². The third kappa shape index (κ3) is 3.47. The zero-order valence-corrected chi connectivity index (χ0v) is 14.9. The summed E-state index contributed by atoms with van der Waals surface area (Å²) in [5, 5.41) is 4.37. The van der Waals surface area contributed by atoms with Gasteiger partial charge in [-0.15, -0.1) is 0 Å². The summed E-state index contributed by atoms with van der Waals surface area (Å²) in [7, 11) is 0. The summed E-state index contributed by atoms with van der Waals surface area (Å²) in [4.78, 5) is 12.0. The molecule has 0 bridgehead atoms. The molecule has 2 aromatic carbocycles. The van der Waals surface area contributed by atoms with Crippen LogP contribution in [0.15, 0.2) is 47.6 Å². The molecule has 4 nitrogen and oxygen atoms in total. The highest BCUT2D eigenvalue weighted by Crippen LogP contribution is 2.35. The van der Waals surface area contributed by atoms with Gasteiger partial charge < -0.3 is 4.74 Å². The van der Waals surface area contributed by atoms with Gasteiger partial charge in [0.2, 0.25) is 5.91 Å². The van der Waals surface area contributed by atoms with Crippen LogP contribution in [0.25, 0.3) is 0 Å². The van der Waals surface area contributed by atoms with E-state index in [1.165, 1.54) is 12.1 Å². The monoisotopic (exact) mass is 352 g/mol. The first-order valence-electron chi connectivity index (χ1n) is 8.87. The third-order valence-corrected chi connectivity index (χ3v) is 4.68. The van der Waals surface area contributed by atoms with Crippen LogP contribution < -0.4 is 10.2 Å². The standard InChI is InChI=1S/C21H21FN2O2/c1-21(2)12-16-11-15(7-10-18(16)26-21)19(13-5-8-17(22)9-6-13)23-24-20(25)14-3-4-14/h5-11,14H,3-4,12H2,1-2H3,(H,24,25). The predicted octanol–water partition coefficient (Wildman–Crippen LogP) is 3.82. The Morgan fingerprint density at radius 1 is 1.15 bits per heavy atom. The number of halogens is 1. The number of hydrogen-bond donors (Lipinski definition) is 1. The molecule has 1 amide bonds. The molecular weight excluding hydrogens is 331 g/mol. The fourth-order valence-corrected chi connectivity index (χ4v) is 3.21. The minimum Gasteiger partial charge on any atom is -0.487 e. The second-order valence-electron chi connectivity index (χ2n) is 7.58. The van der Waals surface area contributed by atoms with E-state index in [9.17, 15) is 9.18 Å². The van der Waals surface area contributed by atoms with E-state index < -0.39 is 0 Å². The van der Waals surface area contributed by atoms with Crippen LogP contribution in [0.5, 0.6) is 5.75 Å². The molecule has 1 heterocycles. The summed E-state index contributed by atoms with van der Waals surface area (Å²) in [6, 6.07) is 12.0. The molecule has 0 atom stereocenters. The van der Waals surface area contributed by atoms with Crippen molar-refractivity contribution in [3.8, 4) is 5.75 Å². The Morgan fingerprint density at radius 3 is 2.54 bits per heavy atom. The number of rotatable bonds is 4. The minimum atomic E-state index is -0.306. The fourth-order valence-electron chi connectivity index (χ4n) is 3.21. The molecule has 134 valence electrons. The third-order valence-electron chi connectivity index (χ3n) is 4.68. The van der Waals surface area contributed by atoms with Crippen molar-refractivity contribution in [2.45, 2.75) is 38.7 Å². The maximum Gasteiger partial charge on any atom is 0.243 e. The first-order valence-corrected chi connectivity index (χ1v) is 8.87.